The number of hydrogen-bond acceptors (Lipinski definition) is 7. The van der Waals surface area contributed by atoms with Crippen LogP contribution in [0.3, 0.4) is 0 Å². The van der Waals surface area contributed by atoms with Crippen LogP contribution in [0.4, 0.5) is 31.2 Å². The van der Waals surface area contributed by atoms with Crippen LogP contribution in [0.2, 0.25) is 5.02 Å². The summed E-state index contributed by atoms with van der Waals surface area (Å²) in [7, 11) is 0. The van der Waals surface area contributed by atoms with E-state index in [0.717, 1.165) is 18.6 Å². The highest BCUT2D eigenvalue weighted by Gasteiger charge is 2.30. The molecule has 0 radical (unpaired) electrons. The van der Waals surface area contributed by atoms with Crippen molar-refractivity contribution in [2.24, 2.45) is 11.7 Å². The molecule has 11 nitrogen and oxygen atoms in total. The molecule has 1 aromatic carbocycles. The van der Waals surface area contributed by atoms with Gasteiger partial charge < -0.3 is 26.4 Å². The third-order valence-electron chi connectivity index (χ3n) is 7.17. The van der Waals surface area contributed by atoms with Crippen molar-refractivity contribution in [1.82, 2.24) is 24.4 Å². The summed E-state index contributed by atoms with van der Waals surface area (Å²) in [6.45, 7) is 0.786. The maximum atomic E-state index is 14.6. The summed E-state index contributed by atoms with van der Waals surface area (Å²) >= 11 is 6.13. The van der Waals surface area contributed by atoms with Crippen LogP contribution in [-0.2, 0) is 4.79 Å². The molecule has 0 bridgehead atoms. The van der Waals surface area contributed by atoms with E-state index in [-0.39, 0.29) is 40.6 Å². The second kappa shape index (κ2) is 10.6. The lowest BCUT2D eigenvalue weighted by molar-refractivity contribution is -0.122. The zero-order valence-electron chi connectivity index (χ0n) is 20.3. The van der Waals surface area contributed by atoms with Crippen LogP contribution in [0.15, 0.2) is 18.3 Å². The number of fused-ring (bicyclic) bond motifs is 1. The molecule has 2 aromatic heterocycles. The first-order valence-electron chi connectivity index (χ1n) is 12.4. The summed E-state index contributed by atoms with van der Waals surface area (Å²) in [5.41, 5.74) is 6.29. The number of piperidine rings is 1. The highest BCUT2D eigenvalue weighted by Crippen LogP contribution is 2.38. The third kappa shape index (κ3) is 5.28. The van der Waals surface area contributed by atoms with E-state index in [4.69, 9.17) is 17.3 Å². The van der Waals surface area contributed by atoms with Crippen LogP contribution < -0.4 is 16.4 Å². The van der Waals surface area contributed by atoms with Crippen LogP contribution in [0, 0.1) is 17.6 Å². The molecule has 1 atom stereocenters. The molecule has 1 saturated carbocycles. The number of amides is 2. The summed E-state index contributed by atoms with van der Waals surface area (Å²) in [6, 6.07) is 1.43. The molecule has 5 N–H and O–H groups in total. The molecule has 1 unspecified atom stereocenters. The molecule has 2 fully saturated rings. The van der Waals surface area contributed by atoms with Crippen molar-refractivity contribution < 1.29 is 23.5 Å². The Labute approximate surface area is 221 Å². The lowest BCUT2D eigenvalue weighted by Crippen LogP contribution is -2.44. The van der Waals surface area contributed by atoms with Gasteiger partial charge in [-0.15, -0.1) is 0 Å². The highest BCUT2D eigenvalue weighted by atomic mass is 35.5. The van der Waals surface area contributed by atoms with Gasteiger partial charge in [-0.25, -0.2) is 23.5 Å². The molecule has 2 amide bonds. The van der Waals surface area contributed by atoms with Crippen molar-refractivity contribution in [3.05, 3.63) is 35.0 Å². The number of carbonyl (C=O) groups excluding carboxylic acids is 1. The fourth-order valence-corrected chi connectivity index (χ4v) is 5.48. The number of carbonyl (C=O) groups is 2. The SMILES string of the molecule is NC(=O)[C@H]1CC[C@H](n2c(Nc3c(F)cc(F)cc3Cl)nc3cnc(NC4CCCN(C(=O)O)C4)nc32)CC1. The zero-order valence-corrected chi connectivity index (χ0v) is 21.1. The van der Waals surface area contributed by atoms with E-state index in [0.29, 0.717) is 62.3 Å². The van der Waals surface area contributed by atoms with Crippen molar-refractivity contribution in [3.8, 4) is 0 Å². The number of imidazole rings is 1. The van der Waals surface area contributed by atoms with Crippen molar-refractivity contribution in [2.75, 3.05) is 23.7 Å². The van der Waals surface area contributed by atoms with Gasteiger partial charge in [0.05, 0.1) is 16.9 Å². The lowest BCUT2D eigenvalue weighted by Gasteiger charge is -2.31. The smallest absolute Gasteiger partial charge is 0.407 e. The van der Waals surface area contributed by atoms with E-state index in [1.807, 2.05) is 4.57 Å². The van der Waals surface area contributed by atoms with E-state index in [1.54, 1.807) is 0 Å². The maximum absolute atomic E-state index is 14.6. The van der Waals surface area contributed by atoms with E-state index in [9.17, 15) is 23.5 Å². The molecule has 1 aliphatic carbocycles. The van der Waals surface area contributed by atoms with Gasteiger partial charge in [0.15, 0.2) is 11.5 Å². The number of primary amides is 1. The quantitative estimate of drug-likeness (QED) is 0.356. The zero-order chi connectivity index (χ0) is 27.0. The Balaban J connectivity index is 1.50. The molecule has 5 rings (SSSR count). The predicted molar refractivity (Wildman–Crippen MR) is 136 cm³/mol. The summed E-state index contributed by atoms with van der Waals surface area (Å²) in [4.78, 5) is 38.1. The van der Waals surface area contributed by atoms with Crippen LogP contribution in [0.25, 0.3) is 11.2 Å². The fraction of sp³-hybridized carbons (Fsp3) is 0.458. The van der Waals surface area contributed by atoms with Crippen LogP contribution in [0.1, 0.15) is 44.6 Å². The van der Waals surface area contributed by atoms with Gasteiger partial charge in [-0.05, 0) is 44.6 Å². The number of halogens is 3. The molecule has 38 heavy (non-hydrogen) atoms. The number of benzene rings is 1. The van der Waals surface area contributed by atoms with E-state index in [2.05, 4.69) is 25.6 Å². The monoisotopic (exact) mass is 548 g/mol. The lowest BCUT2D eigenvalue weighted by atomic mass is 9.85. The average molecular weight is 549 g/mol. The number of rotatable bonds is 6. The molecule has 3 heterocycles. The standard InChI is InChI=1S/C24H27ClF2N8O3/c25-16-8-13(26)9-17(27)19(16)32-23-31-18-10-29-22(30-14-2-1-7-34(11-14)24(37)38)33-21(18)35(23)15-5-3-12(4-6-15)20(28)36/h8-10,12,14-15H,1-7,11H2,(H2,28,36)(H,31,32)(H,37,38)(H,29,30,33)/t12-,14?,15-. The molecular weight excluding hydrogens is 522 g/mol. The van der Waals surface area contributed by atoms with Gasteiger partial charge in [0, 0.05) is 37.2 Å². The van der Waals surface area contributed by atoms with Gasteiger partial charge in [-0.1, -0.05) is 11.6 Å². The summed E-state index contributed by atoms with van der Waals surface area (Å²) in [5.74, 6) is -1.69. The number of nitrogens with two attached hydrogens (primary N) is 1. The molecule has 14 heteroatoms. The maximum Gasteiger partial charge on any atom is 0.407 e. The number of carboxylic acid groups (broad SMARTS) is 1. The normalized spacial score (nSPS) is 21.9. The Morgan fingerprint density at radius 2 is 1.89 bits per heavy atom. The van der Waals surface area contributed by atoms with Crippen LogP contribution >= 0.6 is 11.6 Å². The second-order valence-electron chi connectivity index (χ2n) is 9.70. The van der Waals surface area contributed by atoms with Gasteiger partial charge in [0.25, 0.3) is 0 Å². The average Bonchev–Trinajstić information content (AvgIpc) is 3.23. The van der Waals surface area contributed by atoms with Crippen molar-refractivity contribution in [2.45, 2.75) is 50.6 Å². The van der Waals surface area contributed by atoms with Gasteiger partial charge in [-0.2, -0.15) is 4.98 Å². The second-order valence-corrected chi connectivity index (χ2v) is 10.1. The van der Waals surface area contributed by atoms with Crippen molar-refractivity contribution >= 4 is 52.3 Å². The minimum absolute atomic E-state index is 0.127. The summed E-state index contributed by atoms with van der Waals surface area (Å²) in [5, 5.41) is 15.3. The Bertz CT molecular complexity index is 1360. The van der Waals surface area contributed by atoms with Crippen molar-refractivity contribution in [3.63, 3.8) is 0 Å². The number of hydrogen-bond donors (Lipinski definition) is 4. The number of likely N-dealkylation sites (tertiary alicyclic amines) is 1. The predicted octanol–water partition coefficient (Wildman–Crippen LogP) is 4.27. The molecule has 202 valence electrons. The van der Waals surface area contributed by atoms with E-state index in [1.165, 1.54) is 11.1 Å². The van der Waals surface area contributed by atoms with Gasteiger partial charge in [0.1, 0.15) is 11.3 Å². The number of nitrogens with one attached hydrogen (secondary N) is 2. The minimum atomic E-state index is -0.972. The molecule has 0 spiro atoms. The highest BCUT2D eigenvalue weighted by molar-refractivity contribution is 6.33. The molecule has 3 aromatic rings. The Hall–Kier alpha value is -3.74. The number of anilines is 3. The summed E-state index contributed by atoms with van der Waals surface area (Å²) < 4.78 is 30.1. The minimum Gasteiger partial charge on any atom is -0.465 e. The van der Waals surface area contributed by atoms with Crippen LogP contribution in [-0.4, -0.2) is 60.7 Å². The van der Waals surface area contributed by atoms with E-state index >= 15 is 0 Å². The number of aromatic nitrogens is 4. The summed E-state index contributed by atoms with van der Waals surface area (Å²) in [6.07, 6.45) is 4.40. The third-order valence-corrected chi connectivity index (χ3v) is 7.46. The number of nitrogens with zero attached hydrogens (tertiary/aromatic N) is 5. The Kier molecular flexibility index (Phi) is 7.19. The molecule has 1 saturated heterocycles. The first kappa shape index (κ1) is 25.9. The molecule has 1 aliphatic heterocycles. The van der Waals surface area contributed by atoms with Gasteiger partial charge >= 0.3 is 6.09 Å². The Morgan fingerprint density at radius 1 is 1.13 bits per heavy atom. The van der Waals surface area contributed by atoms with E-state index < -0.39 is 17.7 Å². The van der Waals surface area contributed by atoms with Gasteiger partial charge in [-0.3, -0.25) is 9.36 Å². The molecule has 2 aliphatic rings. The first-order valence-corrected chi connectivity index (χ1v) is 12.8. The van der Waals surface area contributed by atoms with Gasteiger partial charge in [0.2, 0.25) is 17.8 Å². The largest absolute Gasteiger partial charge is 0.465 e. The molecular formula is C24H27ClF2N8O3. The van der Waals surface area contributed by atoms with Crippen LogP contribution in [0.5, 0.6) is 0 Å². The van der Waals surface area contributed by atoms with Crippen molar-refractivity contribution in [1.29, 1.82) is 0 Å². The fourth-order valence-electron chi connectivity index (χ4n) is 5.24. The first-order chi connectivity index (χ1) is 18.2. The topological polar surface area (TPSA) is 151 Å². The Morgan fingerprint density at radius 3 is 2.58 bits per heavy atom.